The maximum atomic E-state index is 11.7. The molecule has 7 nitrogen and oxygen atoms in total. The van der Waals surface area contributed by atoms with Crippen LogP contribution in [0.3, 0.4) is 0 Å². The number of thioether (sulfide) groups is 1. The number of furan rings is 1. The van der Waals surface area contributed by atoms with Crippen LogP contribution in [-0.4, -0.2) is 36.1 Å². The van der Waals surface area contributed by atoms with Gasteiger partial charge in [0, 0.05) is 5.75 Å². The molecule has 0 saturated carbocycles. The number of nitrogens with one attached hydrogen (secondary N) is 1. The van der Waals surface area contributed by atoms with Crippen molar-refractivity contribution in [1.29, 1.82) is 0 Å². The molecule has 2 unspecified atom stereocenters. The van der Waals surface area contributed by atoms with E-state index < -0.39 is 11.8 Å². The Labute approximate surface area is 145 Å². The normalized spacial score (nSPS) is 20.7. The molecule has 8 heteroatoms. The fraction of sp³-hybridized carbons (Fsp3) is 0.625. The van der Waals surface area contributed by atoms with Gasteiger partial charge in [-0.05, 0) is 39.8 Å². The average molecular weight is 357 g/mol. The van der Waals surface area contributed by atoms with Crippen LogP contribution in [0.2, 0.25) is 0 Å². The topological polar surface area (TPSA) is 87.0 Å². The first-order valence-electron chi connectivity index (χ1n) is 7.77. The van der Waals surface area contributed by atoms with E-state index in [9.17, 15) is 9.59 Å². The van der Waals surface area contributed by atoms with E-state index in [2.05, 4.69) is 5.32 Å². The number of carbonyl (C=O) groups is 2. The van der Waals surface area contributed by atoms with Crippen LogP contribution in [0.15, 0.2) is 16.5 Å². The van der Waals surface area contributed by atoms with Crippen molar-refractivity contribution in [2.24, 2.45) is 0 Å². The zero-order valence-electron chi connectivity index (χ0n) is 14.3. The lowest BCUT2D eigenvalue weighted by Crippen LogP contribution is -2.35. The molecule has 134 valence electrons. The van der Waals surface area contributed by atoms with Gasteiger partial charge in [-0.15, -0.1) is 11.8 Å². The van der Waals surface area contributed by atoms with E-state index in [1.165, 1.54) is 0 Å². The van der Waals surface area contributed by atoms with Gasteiger partial charge < -0.3 is 18.6 Å². The first-order valence-corrected chi connectivity index (χ1v) is 8.82. The average Bonchev–Trinajstić information content (AvgIpc) is 3.12. The van der Waals surface area contributed by atoms with Gasteiger partial charge in [0.25, 0.3) is 0 Å². The SMILES string of the molecule is CCOC(=O)C1CSC(c2ccc(COC(=O)OC(C)(C)C)o2)N1. The molecule has 1 aliphatic rings. The largest absolute Gasteiger partial charge is 0.509 e. The van der Waals surface area contributed by atoms with E-state index in [-0.39, 0.29) is 24.0 Å². The fourth-order valence-electron chi connectivity index (χ4n) is 2.04. The van der Waals surface area contributed by atoms with Crippen molar-refractivity contribution in [3.63, 3.8) is 0 Å². The van der Waals surface area contributed by atoms with Gasteiger partial charge in [-0.1, -0.05) is 0 Å². The molecule has 0 amide bonds. The van der Waals surface area contributed by atoms with Crippen LogP contribution < -0.4 is 5.32 Å². The van der Waals surface area contributed by atoms with Crippen molar-refractivity contribution in [2.45, 2.75) is 51.3 Å². The van der Waals surface area contributed by atoms with Gasteiger partial charge in [-0.2, -0.15) is 0 Å². The van der Waals surface area contributed by atoms with Crippen molar-refractivity contribution < 1.29 is 28.2 Å². The smallest absolute Gasteiger partial charge is 0.465 e. The summed E-state index contributed by atoms with van der Waals surface area (Å²) in [4.78, 5) is 23.2. The molecule has 2 rings (SSSR count). The van der Waals surface area contributed by atoms with Crippen LogP contribution in [0.1, 0.15) is 44.6 Å². The Bertz CT molecular complexity index is 579. The van der Waals surface area contributed by atoms with Gasteiger partial charge in [-0.25, -0.2) is 4.79 Å². The van der Waals surface area contributed by atoms with Crippen LogP contribution in [0, 0.1) is 0 Å². The van der Waals surface area contributed by atoms with Gasteiger partial charge in [0.2, 0.25) is 0 Å². The minimum Gasteiger partial charge on any atom is -0.465 e. The lowest BCUT2D eigenvalue weighted by Gasteiger charge is -2.18. The van der Waals surface area contributed by atoms with Crippen LogP contribution in [0.25, 0.3) is 0 Å². The van der Waals surface area contributed by atoms with E-state index in [1.807, 2.05) is 0 Å². The first-order chi connectivity index (χ1) is 11.3. The van der Waals surface area contributed by atoms with E-state index in [0.717, 1.165) is 0 Å². The number of ether oxygens (including phenoxy) is 3. The summed E-state index contributed by atoms with van der Waals surface area (Å²) in [6.07, 6.45) is -0.740. The molecule has 0 aliphatic carbocycles. The number of carbonyl (C=O) groups excluding carboxylic acids is 2. The summed E-state index contributed by atoms with van der Waals surface area (Å²) >= 11 is 1.57. The van der Waals surface area contributed by atoms with E-state index in [1.54, 1.807) is 51.6 Å². The molecule has 1 fully saturated rings. The van der Waals surface area contributed by atoms with Gasteiger partial charge in [0.1, 0.15) is 28.5 Å². The number of hydrogen-bond donors (Lipinski definition) is 1. The summed E-state index contributed by atoms with van der Waals surface area (Å²) in [5.74, 6) is 1.55. The highest BCUT2D eigenvalue weighted by atomic mass is 32.2. The lowest BCUT2D eigenvalue weighted by molar-refractivity contribution is -0.144. The Morgan fingerprint density at radius 2 is 2.08 bits per heavy atom. The molecule has 0 aromatic carbocycles. The molecular weight excluding hydrogens is 334 g/mol. The molecule has 0 radical (unpaired) electrons. The first kappa shape index (κ1) is 18.7. The molecule has 1 aliphatic heterocycles. The highest BCUT2D eigenvalue weighted by molar-refractivity contribution is 7.99. The zero-order valence-corrected chi connectivity index (χ0v) is 15.1. The summed E-state index contributed by atoms with van der Waals surface area (Å²) < 4.78 is 20.7. The van der Waals surface area contributed by atoms with Crippen molar-refractivity contribution in [3.05, 3.63) is 23.7 Å². The summed E-state index contributed by atoms with van der Waals surface area (Å²) in [5, 5.41) is 3.03. The van der Waals surface area contributed by atoms with Gasteiger partial charge >= 0.3 is 12.1 Å². The third-order valence-electron chi connectivity index (χ3n) is 3.02. The minimum absolute atomic E-state index is 0.00634. The van der Waals surface area contributed by atoms with E-state index in [0.29, 0.717) is 23.9 Å². The van der Waals surface area contributed by atoms with Crippen molar-refractivity contribution >= 4 is 23.9 Å². The molecule has 0 bridgehead atoms. The monoisotopic (exact) mass is 357 g/mol. The van der Waals surface area contributed by atoms with Crippen molar-refractivity contribution in [3.8, 4) is 0 Å². The van der Waals surface area contributed by atoms with Gasteiger partial charge in [0.15, 0.2) is 6.61 Å². The van der Waals surface area contributed by atoms with Crippen LogP contribution in [0.4, 0.5) is 4.79 Å². The Kier molecular flexibility index (Phi) is 6.17. The fourth-order valence-corrected chi connectivity index (χ4v) is 3.21. The van der Waals surface area contributed by atoms with Crippen LogP contribution in [-0.2, 0) is 25.6 Å². The quantitative estimate of drug-likeness (QED) is 0.805. The third-order valence-corrected chi connectivity index (χ3v) is 4.24. The number of esters is 1. The second-order valence-corrected chi connectivity index (χ2v) is 7.38. The maximum Gasteiger partial charge on any atom is 0.509 e. The summed E-state index contributed by atoms with van der Waals surface area (Å²) in [6.45, 7) is 7.43. The third kappa shape index (κ3) is 5.45. The molecule has 1 aromatic rings. The maximum absolute atomic E-state index is 11.7. The van der Waals surface area contributed by atoms with E-state index in [4.69, 9.17) is 18.6 Å². The van der Waals surface area contributed by atoms with E-state index >= 15 is 0 Å². The molecule has 24 heavy (non-hydrogen) atoms. The Morgan fingerprint density at radius 3 is 2.75 bits per heavy atom. The summed E-state index contributed by atoms with van der Waals surface area (Å²) in [5.41, 5.74) is -0.599. The Hall–Kier alpha value is -1.67. The van der Waals surface area contributed by atoms with Gasteiger partial charge in [0.05, 0.1) is 6.61 Å². The summed E-state index contributed by atoms with van der Waals surface area (Å²) in [6, 6.07) is 3.19. The summed E-state index contributed by atoms with van der Waals surface area (Å²) in [7, 11) is 0. The highest BCUT2D eigenvalue weighted by Crippen LogP contribution is 2.34. The van der Waals surface area contributed by atoms with Crippen LogP contribution in [0.5, 0.6) is 0 Å². The molecule has 2 atom stereocenters. The second kappa shape index (κ2) is 7.94. The molecule has 1 N–H and O–H groups in total. The molecule has 1 aromatic heterocycles. The molecule has 2 heterocycles. The number of rotatable bonds is 5. The van der Waals surface area contributed by atoms with Crippen LogP contribution >= 0.6 is 11.8 Å². The molecule has 0 spiro atoms. The van der Waals surface area contributed by atoms with Gasteiger partial charge in [-0.3, -0.25) is 10.1 Å². The molecule has 1 saturated heterocycles. The predicted molar refractivity (Wildman–Crippen MR) is 88.5 cm³/mol. The highest BCUT2D eigenvalue weighted by Gasteiger charge is 2.33. The standard InChI is InChI=1S/C16H23NO6S/c1-5-20-14(18)11-9-24-13(17-11)12-7-6-10(22-12)8-21-15(19)23-16(2,3)4/h6-7,11,13,17H,5,8-9H2,1-4H3. The Morgan fingerprint density at radius 1 is 1.33 bits per heavy atom. The molecular formula is C16H23NO6S. The number of hydrogen-bond acceptors (Lipinski definition) is 8. The zero-order chi connectivity index (χ0) is 17.7. The lowest BCUT2D eigenvalue weighted by atomic mass is 10.2. The van der Waals surface area contributed by atoms with Crippen molar-refractivity contribution in [2.75, 3.05) is 12.4 Å². The predicted octanol–water partition coefficient (Wildman–Crippen LogP) is 3.00. The minimum atomic E-state index is -0.740. The Balaban J connectivity index is 1.83. The second-order valence-electron chi connectivity index (χ2n) is 6.24. The van der Waals surface area contributed by atoms with Crippen molar-refractivity contribution in [1.82, 2.24) is 5.32 Å².